The predicted molar refractivity (Wildman–Crippen MR) is 112 cm³/mol. The number of amides is 3. The first-order chi connectivity index (χ1) is 13.6. The summed E-state index contributed by atoms with van der Waals surface area (Å²) in [4.78, 5) is 50.6. The van der Waals surface area contributed by atoms with E-state index in [2.05, 4.69) is 10.6 Å². The van der Waals surface area contributed by atoms with E-state index in [1.165, 1.54) is 11.8 Å². The number of nitrogens with zero attached hydrogens (tertiary/aromatic N) is 1. The van der Waals surface area contributed by atoms with E-state index < -0.39 is 36.0 Å². The Morgan fingerprint density at radius 1 is 1.24 bits per heavy atom. The number of rotatable bonds is 11. The van der Waals surface area contributed by atoms with Crippen LogP contribution in [0.1, 0.15) is 46.5 Å². The summed E-state index contributed by atoms with van der Waals surface area (Å²) >= 11 is 1.56. The molecule has 166 valence electrons. The summed E-state index contributed by atoms with van der Waals surface area (Å²) in [6.45, 7) is 5.59. The average Bonchev–Trinajstić information content (AvgIpc) is 3.18. The number of likely N-dealkylation sites (tertiary alicyclic amines) is 1. The van der Waals surface area contributed by atoms with Crippen molar-refractivity contribution in [2.45, 2.75) is 70.6 Å². The lowest BCUT2D eigenvalue weighted by molar-refractivity contribution is -0.144. The zero-order valence-corrected chi connectivity index (χ0v) is 18.5. The van der Waals surface area contributed by atoms with Crippen LogP contribution in [-0.4, -0.2) is 76.4 Å². The Bertz CT molecular complexity index is 603. The SMILES string of the molecule is CCC(C)C(N)C(=O)NC(CCSC)C(=O)N1CCCC1C(=O)NC(C)C(=O)O. The molecule has 0 aromatic carbocycles. The lowest BCUT2D eigenvalue weighted by atomic mass is 9.99. The molecule has 3 amide bonds. The highest BCUT2D eigenvalue weighted by molar-refractivity contribution is 7.98. The number of carboxylic acid groups (broad SMARTS) is 1. The first-order valence-corrected chi connectivity index (χ1v) is 11.4. The van der Waals surface area contributed by atoms with Gasteiger partial charge in [-0.3, -0.25) is 19.2 Å². The van der Waals surface area contributed by atoms with Gasteiger partial charge in [-0.25, -0.2) is 0 Å². The van der Waals surface area contributed by atoms with Gasteiger partial charge < -0.3 is 26.4 Å². The molecule has 10 heteroatoms. The third-order valence-electron chi connectivity index (χ3n) is 5.35. The highest BCUT2D eigenvalue weighted by Crippen LogP contribution is 2.20. The Labute approximate surface area is 176 Å². The van der Waals surface area contributed by atoms with Gasteiger partial charge in [-0.05, 0) is 44.1 Å². The fourth-order valence-corrected chi connectivity index (χ4v) is 3.62. The predicted octanol–water partition coefficient (Wildman–Crippen LogP) is 0.178. The first kappa shape index (κ1) is 25.2. The number of thioether (sulfide) groups is 1. The van der Waals surface area contributed by atoms with Crippen LogP contribution in [0, 0.1) is 5.92 Å². The van der Waals surface area contributed by atoms with Crippen molar-refractivity contribution in [3.05, 3.63) is 0 Å². The van der Waals surface area contributed by atoms with Crippen LogP contribution in [0.3, 0.4) is 0 Å². The van der Waals surface area contributed by atoms with E-state index in [0.29, 0.717) is 31.6 Å². The molecular formula is C19H34N4O5S. The van der Waals surface area contributed by atoms with Crippen molar-refractivity contribution < 1.29 is 24.3 Å². The van der Waals surface area contributed by atoms with E-state index in [0.717, 1.165) is 6.42 Å². The summed E-state index contributed by atoms with van der Waals surface area (Å²) in [6.07, 6.45) is 4.18. The molecule has 1 fully saturated rings. The van der Waals surface area contributed by atoms with Gasteiger partial charge in [0.2, 0.25) is 17.7 Å². The minimum atomic E-state index is -1.14. The lowest BCUT2D eigenvalue weighted by Crippen LogP contribution is -2.57. The van der Waals surface area contributed by atoms with Crippen molar-refractivity contribution in [1.29, 1.82) is 0 Å². The Kier molecular flexibility index (Phi) is 10.5. The molecule has 1 saturated heterocycles. The average molecular weight is 431 g/mol. The Balaban J connectivity index is 2.89. The number of nitrogens with one attached hydrogen (secondary N) is 2. The molecule has 0 aromatic heterocycles. The number of hydrogen-bond donors (Lipinski definition) is 4. The van der Waals surface area contributed by atoms with Gasteiger partial charge in [-0.2, -0.15) is 11.8 Å². The molecule has 0 aromatic rings. The van der Waals surface area contributed by atoms with Gasteiger partial charge in [-0.15, -0.1) is 0 Å². The Morgan fingerprint density at radius 3 is 2.45 bits per heavy atom. The second-order valence-electron chi connectivity index (χ2n) is 7.51. The molecule has 5 atom stereocenters. The highest BCUT2D eigenvalue weighted by atomic mass is 32.2. The largest absolute Gasteiger partial charge is 0.480 e. The number of nitrogens with two attached hydrogens (primary N) is 1. The molecule has 9 nitrogen and oxygen atoms in total. The molecule has 0 spiro atoms. The number of aliphatic carboxylic acids is 1. The molecule has 0 bridgehead atoms. The molecule has 1 aliphatic heterocycles. The minimum Gasteiger partial charge on any atom is -0.480 e. The monoisotopic (exact) mass is 430 g/mol. The maximum absolute atomic E-state index is 13.1. The van der Waals surface area contributed by atoms with Crippen LogP contribution in [0.5, 0.6) is 0 Å². The van der Waals surface area contributed by atoms with Crippen LogP contribution in [0.25, 0.3) is 0 Å². The van der Waals surface area contributed by atoms with Crippen LogP contribution in [-0.2, 0) is 19.2 Å². The number of carboxylic acids is 1. The van der Waals surface area contributed by atoms with E-state index in [4.69, 9.17) is 10.8 Å². The van der Waals surface area contributed by atoms with E-state index in [1.54, 1.807) is 11.8 Å². The van der Waals surface area contributed by atoms with Crippen LogP contribution in [0.2, 0.25) is 0 Å². The van der Waals surface area contributed by atoms with Crippen molar-refractivity contribution in [3.63, 3.8) is 0 Å². The van der Waals surface area contributed by atoms with Gasteiger partial charge in [0, 0.05) is 6.54 Å². The van der Waals surface area contributed by atoms with E-state index in [1.807, 2.05) is 20.1 Å². The van der Waals surface area contributed by atoms with Gasteiger partial charge in [-0.1, -0.05) is 20.3 Å². The van der Waals surface area contributed by atoms with Crippen molar-refractivity contribution in [2.75, 3.05) is 18.6 Å². The second kappa shape index (κ2) is 12.0. The van der Waals surface area contributed by atoms with Crippen molar-refractivity contribution in [2.24, 2.45) is 11.7 Å². The summed E-state index contributed by atoms with van der Waals surface area (Å²) in [6, 6.07) is -3.25. The molecule has 5 N–H and O–H groups in total. The molecular weight excluding hydrogens is 396 g/mol. The molecule has 0 aliphatic carbocycles. The van der Waals surface area contributed by atoms with Gasteiger partial charge >= 0.3 is 5.97 Å². The lowest BCUT2D eigenvalue weighted by Gasteiger charge is -2.30. The zero-order valence-electron chi connectivity index (χ0n) is 17.6. The zero-order chi connectivity index (χ0) is 22.1. The quantitative estimate of drug-likeness (QED) is 0.366. The maximum Gasteiger partial charge on any atom is 0.325 e. The summed E-state index contributed by atoms with van der Waals surface area (Å²) in [5, 5.41) is 14.2. The Hall–Kier alpha value is -1.81. The summed E-state index contributed by atoms with van der Waals surface area (Å²) in [5.41, 5.74) is 6.00. The van der Waals surface area contributed by atoms with E-state index in [-0.39, 0.29) is 17.7 Å². The van der Waals surface area contributed by atoms with E-state index >= 15 is 0 Å². The minimum absolute atomic E-state index is 0.0193. The highest BCUT2D eigenvalue weighted by Gasteiger charge is 2.38. The van der Waals surface area contributed by atoms with Crippen molar-refractivity contribution >= 4 is 35.5 Å². The first-order valence-electron chi connectivity index (χ1n) is 10.0. The van der Waals surface area contributed by atoms with Crippen molar-refractivity contribution in [3.8, 4) is 0 Å². The van der Waals surface area contributed by atoms with Gasteiger partial charge in [0.05, 0.1) is 6.04 Å². The molecule has 0 radical (unpaired) electrons. The summed E-state index contributed by atoms with van der Waals surface area (Å²) in [5.74, 6) is -1.69. The second-order valence-corrected chi connectivity index (χ2v) is 8.50. The number of hydrogen-bond acceptors (Lipinski definition) is 6. The van der Waals surface area contributed by atoms with Crippen molar-refractivity contribution in [1.82, 2.24) is 15.5 Å². The fraction of sp³-hybridized carbons (Fsp3) is 0.789. The standard InChI is InChI=1S/C19H34N4O5S/c1-5-11(2)15(20)17(25)22-13(8-10-29-4)18(26)23-9-6-7-14(23)16(24)21-12(3)19(27)28/h11-15H,5-10,20H2,1-4H3,(H,21,24)(H,22,25)(H,27,28). The van der Waals surface area contributed by atoms with Crippen LogP contribution < -0.4 is 16.4 Å². The normalized spacial score (nSPS) is 20.4. The third kappa shape index (κ3) is 7.18. The maximum atomic E-state index is 13.1. The molecule has 5 unspecified atom stereocenters. The summed E-state index contributed by atoms with van der Waals surface area (Å²) in [7, 11) is 0. The molecule has 1 aliphatic rings. The van der Waals surface area contributed by atoms with Crippen LogP contribution in [0.4, 0.5) is 0 Å². The summed E-state index contributed by atoms with van der Waals surface area (Å²) < 4.78 is 0. The topological polar surface area (TPSA) is 142 Å². The molecule has 1 rings (SSSR count). The number of carbonyl (C=O) groups is 4. The van der Waals surface area contributed by atoms with Crippen LogP contribution in [0.15, 0.2) is 0 Å². The van der Waals surface area contributed by atoms with Gasteiger partial charge in [0.25, 0.3) is 0 Å². The molecule has 1 heterocycles. The smallest absolute Gasteiger partial charge is 0.325 e. The third-order valence-corrected chi connectivity index (χ3v) is 6.00. The van der Waals surface area contributed by atoms with Gasteiger partial charge in [0.15, 0.2) is 0 Å². The van der Waals surface area contributed by atoms with E-state index in [9.17, 15) is 19.2 Å². The van der Waals surface area contributed by atoms with Crippen LogP contribution >= 0.6 is 11.8 Å². The molecule has 0 saturated carbocycles. The fourth-order valence-electron chi connectivity index (χ4n) is 3.15. The molecule has 29 heavy (non-hydrogen) atoms. The Morgan fingerprint density at radius 2 is 1.90 bits per heavy atom. The van der Waals surface area contributed by atoms with Gasteiger partial charge in [0.1, 0.15) is 18.1 Å². The number of carbonyl (C=O) groups excluding carboxylic acids is 3.